The van der Waals surface area contributed by atoms with E-state index in [2.05, 4.69) is 23.5 Å². The Hall–Kier alpha value is -2.82. The van der Waals surface area contributed by atoms with Crippen molar-refractivity contribution in [1.29, 1.82) is 0 Å². The van der Waals surface area contributed by atoms with Crippen LogP contribution in [0.15, 0.2) is 48.5 Å². The molecule has 30 heavy (non-hydrogen) atoms. The number of fused-ring (bicyclic) bond motifs is 1. The van der Waals surface area contributed by atoms with Gasteiger partial charge in [0.1, 0.15) is 5.75 Å². The van der Waals surface area contributed by atoms with Gasteiger partial charge in [-0.05, 0) is 56.0 Å². The van der Waals surface area contributed by atoms with Crippen molar-refractivity contribution in [2.75, 3.05) is 6.54 Å². The number of ether oxygens (including phenoxy) is 1. The Morgan fingerprint density at radius 3 is 2.37 bits per heavy atom. The number of nitrogens with one attached hydrogen (secondary N) is 1. The van der Waals surface area contributed by atoms with E-state index in [-0.39, 0.29) is 29.8 Å². The molecule has 1 aliphatic heterocycles. The minimum atomic E-state index is -0.599. The highest BCUT2D eigenvalue weighted by molar-refractivity contribution is 5.81. The number of hydrogen-bond acceptors (Lipinski definition) is 3. The van der Waals surface area contributed by atoms with Crippen LogP contribution in [0.4, 0.5) is 0 Å². The summed E-state index contributed by atoms with van der Waals surface area (Å²) in [5.41, 5.74) is 3.36. The van der Waals surface area contributed by atoms with E-state index < -0.39 is 6.10 Å². The lowest BCUT2D eigenvalue weighted by atomic mass is 9.87. The van der Waals surface area contributed by atoms with Crippen LogP contribution in [0.1, 0.15) is 57.4 Å². The van der Waals surface area contributed by atoms with Crippen LogP contribution < -0.4 is 10.1 Å². The molecule has 1 aliphatic rings. The average Bonchev–Trinajstić information content (AvgIpc) is 2.72. The smallest absolute Gasteiger partial charge is 0.260 e. The fraction of sp³-hybridized carbons (Fsp3) is 0.440. The van der Waals surface area contributed by atoms with Crippen LogP contribution in [0.5, 0.6) is 5.75 Å². The molecule has 0 saturated carbocycles. The molecule has 0 aromatic heterocycles. The second-order valence-corrected chi connectivity index (χ2v) is 8.53. The van der Waals surface area contributed by atoms with Crippen LogP contribution in [0.25, 0.3) is 0 Å². The molecule has 3 rings (SSSR count). The van der Waals surface area contributed by atoms with E-state index in [1.807, 2.05) is 62.9 Å². The summed E-state index contributed by atoms with van der Waals surface area (Å²) in [5.74, 6) is 0.571. The summed E-state index contributed by atoms with van der Waals surface area (Å²) >= 11 is 0. The van der Waals surface area contributed by atoms with Gasteiger partial charge in [-0.15, -0.1) is 0 Å². The minimum Gasteiger partial charge on any atom is -0.481 e. The van der Waals surface area contributed by atoms with Crippen molar-refractivity contribution in [2.45, 2.75) is 59.2 Å². The molecule has 0 unspecified atom stereocenters. The van der Waals surface area contributed by atoms with E-state index in [9.17, 15) is 9.59 Å². The highest BCUT2D eigenvalue weighted by Crippen LogP contribution is 2.38. The zero-order valence-corrected chi connectivity index (χ0v) is 18.5. The van der Waals surface area contributed by atoms with Gasteiger partial charge in [-0.1, -0.05) is 50.2 Å². The van der Waals surface area contributed by atoms with Gasteiger partial charge in [-0.2, -0.15) is 0 Å². The van der Waals surface area contributed by atoms with Gasteiger partial charge in [0.2, 0.25) is 5.91 Å². The maximum absolute atomic E-state index is 13.0. The quantitative estimate of drug-likeness (QED) is 0.783. The summed E-state index contributed by atoms with van der Waals surface area (Å²) in [6.07, 6.45) is 0.207. The van der Waals surface area contributed by atoms with Crippen molar-refractivity contribution < 1.29 is 14.3 Å². The fourth-order valence-electron chi connectivity index (χ4n) is 3.89. The third-order valence-electron chi connectivity index (χ3n) is 5.35. The van der Waals surface area contributed by atoms with E-state index in [4.69, 9.17) is 4.74 Å². The Bertz CT molecular complexity index is 893. The fourth-order valence-corrected chi connectivity index (χ4v) is 3.89. The topological polar surface area (TPSA) is 58.6 Å². The average molecular weight is 409 g/mol. The molecule has 0 aliphatic carbocycles. The summed E-state index contributed by atoms with van der Waals surface area (Å²) in [6.45, 7) is 10.2. The molecule has 5 heteroatoms. The molecular weight excluding hydrogens is 376 g/mol. The van der Waals surface area contributed by atoms with E-state index in [0.29, 0.717) is 12.3 Å². The molecule has 2 atom stereocenters. The van der Waals surface area contributed by atoms with Crippen LogP contribution >= 0.6 is 0 Å². The molecule has 1 N–H and O–H groups in total. The van der Waals surface area contributed by atoms with E-state index in [1.165, 1.54) is 5.56 Å². The highest BCUT2D eigenvalue weighted by atomic mass is 16.5. The SMILES string of the molecule is CC(C)NC(=O)[C@@H](C)Oc1ccc2c(c1)[C@H](c1ccccc1)N(C(=O)C(C)C)CC2. The Morgan fingerprint density at radius 1 is 1.03 bits per heavy atom. The van der Waals surface area contributed by atoms with Gasteiger partial charge in [0, 0.05) is 18.5 Å². The lowest BCUT2D eigenvalue weighted by Crippen LogP contribution is -2.42. The van der Waals surface area contributed by atoms with E-state index >= 15 is 0 Å². The van der Waals surface area contributed by atoms with Gasteiger partial charge in [-0.3, -0.25) is 9.59 Å². The van der Waals surface area contributed by atoms with Gasteiger partial charge in [0.15, 0.2) is 6.10 Å². The van der Waals surface area contributed by atoms with Gasteiger partial charge < -0.3 is 15.0 Å². The normalized spacial score (nSPS) is 16.9. The van der Waals surface area contributed by atoms with Crippen molar-refractivity contribution in [1.82, 2.24) is 10.2 Å². The second kappa shape index (κ2) is 9.33. The number of carbonyl (C=O) groups excluding carboxylic acids is 2. The van der Waals surface area contributed by atoms with Crippen molar-refractivity contribution in [3.05, 3.63) is 65.2 Å². The van der Waals surface area contributed by atoms with Crippen LogP contribution in [0.2, 0.25) is 0 Å². The lowest BCUT2D eigenvalue weighted by Gasteiger charge is -2.39. The molecule has 5 nitrogen and oxygen atoms in total. The van der Waals surface area contributed by atoms with Crippen molar-refractivity contribution >= 4 is 11.8 Å². The molecule has 2 aromatic rings. The monoisotopic (exact) mass is 408 g/mol. The largest absolute Gasteiger partial charge is 0.481 e. The van der Waals surface area contributed by atoms with E-state index in [1.54, 1.807) is 6.92 Å². The maximum Gasteiger partial charge on any atom is 0.260 e. The van der Waals surface area contributed by atoms with Crippen LogP contribution in [0.3, 0.4) is 0 Å². The van der Waals surface area contributed by atoms with Gasteiger partial charge >= 0.3 is 0 Å². The molecular formula is C25H32N2O3. The zero-order chi connectivity index (χ0) is 21.8. The number of rotatable bonds is 6. The number of nitrogens with zero attached hydrogens (tertiary/aromatic N) is 1. The third kappa shape index (κ3) is 4.84. The molecule has 0 radical (unpaired) electrons. The van der Waals surface area contributed by atoms with Crippen LogP contribution in [-0.4, -0.2) is 35.4 Å². The van der Waals surface area contributed by atoms with Crippen molar-refractivity contribution in [3.63, 3.8) is 0 Å². The summed E-state index contributed by atoms with van der Waals surface area (Å²) in [5, 5.41) is 2.88. The molecule has 2 aromatic carbocycles. The molecule has 0 spiro atoms. The maximum atomic E-state index is 13.0. The lowest BCUT2D eigenvalue weighted by molar-refractivity contribution is -0.136. The Morgan fingerprint density at radius 2 is 1.73 bits per heavy atom. The van der Waals surface area contributed by atoms with Crippen LogP contribution in [-0.2, 0) is 16.0 Å². The second-order valence-electron chi connectivity index (χ2n) is 8.53. The van der Waals surface area contributed by atoms with Crippen molar-refractivity contribution in [2.24, 2.45) is 5.92 Å². The summed E-state index contributed by atoms with van der Waals surface area (Å²) in [7, 11) is 0. The molecule has 0 fully saturated rings. The zero-order valence-electron chi connectivity index (χ0n) is 18.5. The van der Waals surface area contributed by atoms with E-state index in [0.717, 1.165) is 17.5 Å². The minimum absolute atomic E-state index is 0.0603. The standard InChI is InChI=1S/C25H32N2O3/c1-16(2)25(29)27-14-13-19-11-12-21(30-18(5)24(28)26-17(3)4)15-22(19)23(27)20-9-7-6-8-10-20/h6-12,15-18,23H,13-14H2,1-5H3,(H,26,28)/t18-,23+/m1/s1. The number of carbonyl (C=O) groups is 2. The first-order valence-electron chi connectivity index (χ1n) is 10.7. The van der Waals surface area contributed by atoms with Gasteiger partial charge in [0.25, 0.3) is 5.91 Å². The first-order valence-corrected chi connectivity index (χ1v) is 10.7. The summed E-state index contributed by atoms with van der Waals surface area (Å²) < 4.78 is 5.95. The molecule has 2 amide bonds. The molecule has 0 bridgehead atoms. The number of hydrogen-bond donors (Lipinski definition) is 1. The number of amides is 2. The van der Waals surface area contributed by atoms with Crippen LogP contribution in [0, 0.1) is 5.92 Å². The summed E-state index contributed by atoms with van der Waals surface area (Å²) in [4.78, 5) is 27.2. The first-order chi connectivity index (χ1) is 14.3. The Labute approximate surface area is 179 Å². The predicted molar refractivity (Wildman–Crippen MR) is 118 cm³/mol. The van der Waals surface area contributed by atoms with Gasteiger partial charge in [0.05, 0.1) is 6.04 Å². The first kappa shape index (κ1) is 21.9. The number of benzene rings is 2. The summed E-state index contributed by atoms with van der Waals surface area (Å²) in [6, 6.07) is 16.0. The third-order valence-corrected chi connectivity index (χ3v) is 5.35. The molecule has 160 valence electrons. The Balaban J connectivity index is 1.95. The van der Waals surface area contributed by atoms with Gasteiger partial charge in [-0.25, -0.2) is 0 Å². The predicted octanol–water partition coefficient (Wildman–Crippen LogP) is 4.11. The molecule has 0 saturated heterocycles. The highest BCUT2D eigenvalue weighted by Gasteiger charge is 2.33. The Kier molecular flexibility index (Phi) is 6.80. The van der Waals surface area contributed by atoms with Crippen molar-refractivity contribution in [3.8, 4) is 5.75 Å². The molecule has 1 heterocycles.